The summed E-state index contributed by atoms with van der Waals surface area (Å²) >= 11 is 0. The van der Waals surface area contributed by atoms with Crippen LogP contribution in [0.15, 0.2) is 24.3 Å². The number of benzene rings is 1. The Bertz CT molecular complexity index is 358. The molecule has 0 aliphatic carbocycles. The number of ether oxygens (including phenoxy) is 2. The van der Waals surface area contributed by atoms with E-state index < -0.39 is 0 Å². The van der Waals surface area contributed by atoms with Crippen molar-refractivity contribution in [3.05, 3.63) is 29.8 Å². The van der Waals surface area contributed by atoms with Gasteiger partial charge in [0.05, 0.1) is 19.8 Å². The van der Waals surface area contributed by atoms with Crippen molar-refractivity contribution in [2.75, 3.05) is 25.5 Å². The molecule has 3 N–H and O–H groups in total. The number of hydrogen-bond donors (Lipinski definition) is 2. The van der Waals surface area contributed by atoms with Gasteiger partial charge in [-0.2, -0.15) is 0 Å². The summed E-state index contributed by atoms with van der Waals surface area (Å²) in [5.74, 6) is -0.154. The molecule has 0 radical (unpaired) electrons. The number of carbonyl (C=O) groups is 1. The van der Waals surface area contributed by atoms with Gasteiger partial charge >= 0.3 is 0 Å². The van der Waals surface area contributed by atoms with Crippen molar-refractivity contribution >= 4 is 11.6 Å². The Morgan fingerprint density at radius 3 is 2.56 bits per heavy atom. The van der Waals surface area contributed by atoms with Gasteiger partial charge in [-0.05, 0) is 24.3 Å². The van der Waals surface area contributed by atoms with Crippen LogP contribution in [0, 0.1) is 0 Å². The number of anilines is 1. The molecule has 0 spiro atoms. The van der Waals surface area contributed by atoms with Gasteiger partial charge in [0, 0.05) is 11.3 Å². The van der Waals surface area contributed by atoms with Crippen LogP contribution in [0.4, 0.5) is 5.69 Å². The number of rotatable bonds is 3. The van der Waals surface area contributed by atoms with E-state index in [1.165, 1.54) is 0 Å². The molecule has 86 valence electrons. The standard InChI is InChI=1S/C11H14N2O3/c12-9-3-1-8(2-4-9)11(14)13-7-10-15-5-6-16-10/h1-4,10H,5-7,12H2,(H,13,14). The van der Waals surface area contributed by atoms with Gasteiger partial charge in [0.2, 0.25) is 0 Å². The maximum atomic E-state index is 11.6. The van der Waals surface area contributed by atoms with Gasteiger partial charge in [-0.3, -0.25) is 4.79 Å². The quantitative estimate of drug-likeness (QED) is 0.725. The summed E-state index contributed by atoms with van der Waals surface area (Å²) in [6, 6.07) is 6.75. The summed E-state index contributed by atoms with van der Waals surface area (Å²) < 4.78 is 10.4. The van der Waals surface area contributed by atoms with Gasteiger partial charge in [0.1, 0.15) is 0 Å². The lowest BCUT2D eigenvalue weighted by molar-refractivity contribution is -0.0379. The summed E-state index contributed by atoms with van der Waals surface area (Å²) in [5, 5.41) is 2.73. The summed E-state index contributed by atoms with van der Waals surface area (Å²) in [4.78, 5) is 11.6. The fourth-order valence-electron chi connectivity index (χ4n) is 1.44. The smallest absolute Gasteiger partial charge is 0.251 e. The van der Waals surface area contributed by atoms with E-state index >= 15 is 0 Å². The van der Waals surface area contributed by atoms with Crippen LogP contribution >= 0.6 is 0 Å². The Hall–Kier alpha value is -1.59. The molecule has 0 atom stereocenters. The second-order valence-corrected chi connectivity index (χ2v) is 3.50. The number of nitrogens with one attached hydrogen (secondary N) is 1. The highest BCUT2D eigenvalue weighted by atomic mass is 16.7. The lowest BCUT2D eigenvalue weighted by Gasteiger charge is -2.10. The van der Waals surface area contributed by atoms with Crippen molar-refractivity contribution in [3.8, 4) is 0 Å². The van der Waals surface area contributed by atoms with Crippen molar-refractivity contribution in [2.24, 2.45) is 0 Å². The molecule has 1 saturated heterocycles. The van der Waals surface area contributed by atoms with Crippen molar-refractivity contribution in [2.45, 2.75) is 6.29 Å². The van der Waals surface area contributed by atoms with Crippen LogP contribution < -0.4 is 11.1 Å². The Morgan fingerprint density at radius 1 is 1.31 bits per heavy atom. The van der Waals surface area contributed by atoms with Crippen LogP contribution in [0.5, 0.6) is 0 Å². The van der Waals surface area contributed by atoms with Crippen LogP contribution in [0.1, 0.15) is 10.4 Å². The van der Waals surface area contributed by atoms with Crippen LogP contribution in [-0.4, -0.2) is 32.0 Å². The Labute approximate surface area is 93.5 Å². The first-order valence-corrected chi connectivity index (χ1v) is 5.12. The molecule has 1 heterocycles. The van der Waals surface area contributed by atoms with E-state index in [-0.39, 0.29) is 12.2 Å². The molecule has 16 heavy (non-hydrogen) atoms. The maximum Gasteiger partial charge on any atom is 0.251 e. The third kappa shape index (κ3) is 2.71. The molecule has 1 amide bonds. The minimum absolute atomic E-state index is 0.154. The fourth-order valence-corrected chi connectivity index (χ4v) is 1.44. The van der Waals surface area contributed by atoms with Gasteiger partial charge in [-0.25, -0.2) is 0 Å². The van der Waals surface area contributed by atoms with Crippen molar-refractivity contribution in [3.63, 3.8) is 0 Å². The van der Waals surface area contributed by atoms with Crippen molar-refractivity contribution in [1.82, 2.24) is 5.32 Å². The topological polar surface area (TPSA) is 73.6 Å². The molecule has 0 aromatic heterocycles. The summed E-state index contributed by atoms with van der Waals surface area (Å²) in [7, 11) is 0. The highest BCUT2D eigenvalue weighted by Gasteiger charge is 2.16. The SMILES string of the molecule is Nc1ccc(C(=O)NCC2OCCO2)cc1. The number of hydrogen-bond acceptors (Lipinski definition) is 4. The summed E-state index contributed by atoms with van der Waals surface area (Å²) in [6.07, 6.45) is -0.322. The Morgan fingerprint density at radius 2 is 1.94 bits per heavy atom. The zero-order chi connectivity index (χ0) is 11.4. The Balaban J connectivity index is 1.85. The molecule has 5 heteroatoms. The normalized spacial score (nSPS) is 16.2. The average molecular weight is 222 g/mol. The number of nitrogens with two attached hydrogens (primary N) is 1. The first-order chi connectivity index (χ1) is 7.75. The van der Waals surface area contributed by atoms with E-state index in [2.05, 4.69) is 5.32 Å². The van der Waals surface area contributed by atoms with E-state index in [1.54, 1.807) is 24.3 Å². The van der Waals surface area contributed by atoms with Gasteiger partial charge in [-0.15, -0.1) is 0 Å². The van der Waals surface area contributed by atoms with Crippen molar-refractivity contribution < 1.29 is 14.3 Å². The number of nitrogen functional groups attached to an aromatic ring is 1. The molecule has 0 saturated carbocycles. The highest BCUT2D eigenvalue weighted by Crippen LogP contribution is 2.06. The van der Waals surface area contributed by atoms with Gasteiger partial charge < -0.3 is 20.5 Å². The van der Waals surface area contributed by atoms with E-state index in [4.69, 9.17) is 15.2 Å². The maximum absolute atomic E-state index is 11.6. The average Bonchev–Trinajstić information content (AvgIpc) is 2.80. The van der Waals surface area contributed by atoms with Gasteiger partial charge in [-0.1, -0.05) is 0 Å². The second kappa shape index (κ2) is 4.96. The molecular weight excluding hydrogens is 208 g/mol. The molecule has 0 bridgehead atoms. The zero-order valence-corrected chi connectivity index (χ0v) is 8.81. The van der Waals surface area contributed by atoms with Gasteiger partial charge in [0.15, 0.2) is 6.29 Å². The molecule has 0 unspecified atom stereocenters. The predicted molar refractivity (Wildman–Crippen MR) is 58.9 cm³/mol. The summed E-state index contributed by atoms with van der Waals surface area (Å²) in [6.45, 7) is 1.54. The number of amides is 1. The molecule has 1 aliphatic rings. The molecular formula is C11H14N2O3. The van der Waals surface area contributed by atoms with Crippen LogP contribution in [0.2, 0.25) is 0 Å². The predicted octanol–water partition coefficient (Wildman–Crippen LogP) is 0.371. The van der Waals surface area contributed by atoms with E-state index in [1.807, 2.05) is 0 Å². The molecule has 1 fully saturated rings. The van der Waals surface area contributed by atoms with Crippen LogP contribution in [0.3, 0.4) is 0 Å². The lowest BCUT2D eigenvalue weighted by Crippen LogP contribution is -2.32. The molecule has 1 aromatic carbocycles. The molecule has 2 rings (SSSR count). The Kier molecular flexibility index (Phi) is 3.38. The fraction of sp³-hybridized carbons (Fsp3) is 0.364. The highest BCUT2D eigenvalue weighted by molar-refractivity contribution is 5.94. The first-order valence-electron chi connectivity index (χ1n) is 5.12. The molecule has 1 aromatic rings. The largest absolute Gasteiger partial charge is 0.399 e. The molecule has 1 aliphatic heterocycles. The molecule has 5 nitrogen and oxygen atoms in total. The van der Waals surface area contributed by atoms with Crippen LogP contribution in [0.25, 0.3) is 0 Å². The van der Waals surface area contributed by atoms with E-state index in [9.17, 15) is 4.79 Å². The van der Waals surface area contributed by atoms with Crippen LogP contribution in [-0.2, 0) is 9.47 Å². The first kappa shape index (κ1) is 10.9. The number of carbonyl (C=O) groups excluding carboxylic acids is 1. The van der Waals surface area contributed by atoms with E-state index in [0.717, 1.165) is 0 Å². The third-order valence-electron chi connectivity index (χ3n) is 2.29. The summed E-state index contributed by atoms with van der Waals surface area (Å²) in [5.41, 5.74) is 6.74. The second-order valence-electron chi connectivity index (χ2n) is 3.50. The minimum Gasteiger partial charge on any atom is -0.399 e. The lowest BCUT2D eigenvalue weighted by atomic mass is 10.2. The van der Waals surface area contributed by atoms with Crippen molar-refractivity contribution in [1.29, 1.82) is 0 Å². The minimum atomic E-state index is -0.322. The third-order valence-corrected chi connectivity index (χ3v) is 2.29. The van der Waals surface area contributed by atoms with Gasteiger partial charge in [0.25, 0.3) is 5.91 Å². The zero-order valence-electron chi connectivity index (χ0n) is 8.81. The van der Waals surface area contributed by atoms with E-state index in [0.29, 0.717) is 31.0 Å². The monoisotopic (exact) mass is 222 g/mol.